The number of rotatable bonds is 8. The maximum atomic E-state index is 5.17. The van der Waals surface area contributed by atoms with Crippen LogP contribution in [0.5, 0.6) is 0 Å². The first kappa shape index (κ1) is 15.7. The lowest BCUT2D eigenvalue weighted by Gasteiger charge is -1.91. The molecule has 0 bridgehead atoms. The lowest BCUT2D eigenvalue weighted by molar-refractivity contribution is 0.398. The second-order valence-corrected chi connectivity index (χ2v) is 3.16. The molecule has 0 aromatic heterocycles. The van der Waals surface area contributed by atoms with Gasteiger partial charge in [0.1, 0.15) is 0 Å². The number of hydrogen-bond acceptors (Lipinski definition) is 1. The zero-order valence-corrected chi connectivity index (χ0v) is 9.37. The molecule has 0 N–H and O–H groups in total. The van der Waals surface area contributed by atoms with E-state index in [0.717, 1.165) is 12.8 Å². The standard InChI is InChI=1S/C12H22O.FH/c1-3-5-7-9-11-13-12-10-8-6-4-2;/h9-12H,3-8H2,1-2H3;1H. The molecular formula is C12H23FO. The van der Waals surface area contributed by atoms with E-state index in [1.165, 1.54) is 25.7 Å². The Morgan fingerprint density at radius 1 is 0.857 bits per heavy atom. The Morgan fingerprint density at radius 2 is 1.29 bits per heavy atom. The highest BCUT2D eigenvalue weighted by atomic mass is 19.0. The Labute approximate surface area is 87.2 Å². The molecule has 0 saturated carbocycles. The minimum atomic E-state index is 0. The fraction of sp³-hybridized carbons (Fsp3) is 0.667. The molecule has 0 aliphatic rings. The van der Waals surface area contributed by atoms with Gasteiger partial charge in [-0.15, -0.1) is 0 Å². The fourth-order valence-electron chi connectivity index (χ4n) is 0.937. The molecule has 0 aromatic carbocycles. The van der Waals surface area contributed by atoms with Gasteiger partial charge in [-0.3, -0.25) is 4.70 Å². The van der Waals surface area contributed by atoms with Crippen molar-refractivity contribution in [2.75, 3.05) is 0 Å². The third-order valence-electron chi connectivity index (χ3n) is 1.80. The van der Waals surface area contributed by atoms with Crippen LogP contribution in [0.3, 0.4) is 0 Å². The highest BCUT2D eigenvalue weighted by Crippen LogP contribution is 1.97. The van der Waals surface area contributed by atoms with E-state index in [-0.39, 0.29) is 4.70 Å². The highest BCUT2D eigenvalue weighted by Gasteiger charge is 1.78. The number of ether oxygens (including phenoxy) is 1. The number of hydrogen-bond donors (Lipinski definition) is 0. The molecule has 0 amide bonds. The number of unbranched alkanes of at least 4 members (excludes halogenated alkanes) is 4. The molecule has 2 heteroatoms. The third kappa shape index (κ3) is 13.8. The van der Waals surface area contributed by atoms with Crippen molar-refractivity contribution < 1.29 is 9.44 Å². The van der Waals surface area contributed by atoms with Crippen molar-refractivity contribution in [3.05, 3.63) is 24.7 Å². The zero-order valence-electron chi connectivity index (χ0n) is 9.37. The highest BCUT2D eigenvalue weighted by molar-refractivity contribution is 4.79. The van der Waals surface area contributed by atoms with Crippen molar-refractivity contribution in [1.29, 1.82) is 0 Å². The molecule has 0 atom stereocenters. The summed E-state index contributed by atoms with van der Waals surface area (Å²) in [4.78, 5) is 0. The van der Waals surface area contributed by atoms with Crippen molar-refractivity contribution in [3.63, 3.8) is 0 Å². The van der Waals surface area contributed by atoms with Crippen molar-refractivity contribution in [3.8, 4) is 0 Å². The van der Waals surface area contributed by atoms with E-state index >= 15 is 0 Å². The Hall–Kier alpha value is -0.790. The summed E-state index contributed by atoms with van der Waals surface area (Å²) in [6, 6.07) is 0. The first-order valence-corrected chi connectivity index (χ1v) is 5.37. The van der Waals surface area contributed by atoms with Gasteiger partial charge in [-0.05, 0) is 37.8 Å². The van der Waals surface area contributed by atoms with Gasteiger partial charge in [-0.2, -0.15) is 0 Å². The largest absolute Gasteiger partial charge is 0.473 e. The zero-order chi connectivity index (χ0) is 9.78. The van der Waals surface area contributed by atoms with Crippen LogP contribution in [0.15, 0.2) is 24.7 Å². The van der Waals surface area contributed by atoms with E-state index in [1.54, 1.807) is 12.5 Å². The van der Waals surface area contributed by atoms with Crippen LogP contribution in [0.4, 0.5) is 4.70 Å². The second kappa shape index (κ2) is 14.7. The summed E-state index contributed by atoms with van der Waals surface area (Å²) >= 11 is 0. The fourth-order valence-corrected chi connectivity index (χ4v) is 0.937. The Balaban J connectivity index is 0. The van der Waals surface area contributed by atoms with Gasteiger partial charge in [0.05, 0.1) is 12.5 Å². The van der Waals surface area contributed by atoms with E-state index in [4.69, 9.17) is 4.74 Å². The Kier molecular flexibility index (Phi) is 16.5. The van der Waals surface area contributed by atoms with Gasteiger partial charge < -0.3 is 4.74 Å². The molecule has 0 rings (SSSR count). The number of halogens is 1. The maximum Gasteiger partial charge on any atom is 0.0861 e. The normalized spacial score (nSPS) is 10.7. The Bertz CT molecular complexity index is 125. The first-order chi connectivity index (χ1) is 6.41. The van der Waals surface area contributed by atoms with E-state index in [0.29, 0.717) is 0 Å². The summed E-state index contributed by atoms with van der Waals surface area (Å²) in [7, 11) is 0. The third-order valence-corrected chi connectivity index (χ3v) is 1.80. The van der Waals surface area contributed by atoms with Crippen LogP contribution in [-0.2, 0) is 4.74 Å². The molecule has 0 spiro atoms. The predicted molar refractivity (Wildman–Crippen MR) is 60.9 cm³/mol. The van der Waals surface area contributed by atoms with E-state index in [2.05, 4.69) is 26.0 Å². The quantitative estimate of drug-likeness (QED) is 0.414. The van der Waals surface area contributed by atoms with Gasteiger partial charge in [0.25, 0.3) is 0 Å². The topological polar surface area (TPSA) is 9.23 Å². The minimum absolute atomic E-state index is 0. The molecule has 0 aromatic rings. The molecule has 0 fully saturated rings. The van der Waals surface area contributed by atoms with E-state index in [1.807, 2.05) is 0 Å². The Morgan fingerprint density at radius 3 is 1.64 bits per heavy atom. The predicted octanol–water partition coefficient (Wildman–Crippen LogP) is 4.56. The monoisotopic (exact) mass is 202 g/mol. The van der Waals surface area contributed by atoms with Crippen molar-refractivity contribution >= 4 is 0 Å². The summed E-state index contributed by atoms with van der Waals surface area (Å²) in [6.07, 6.45) is 14.9. The molecule has 84 valence electrons. The average molecular weight is 202 g/mol. The molecule has 0 aliphatic carbocycles. The second-order valence-electron chi connectivity index (χ2n) is 3.16. The van der Waals surface area contributed by atoms with Gasteiger partial charge in [-0.1, -0.05) is 26.7 Å². The van der Waals surface area contributed by atoms with E-state index < -0.39 is 0 Å². The first-order valence-electron chi connectivity index (χ1n) is 5.37. The number of allylic oxidation sites excluding steroid dienone is 2. The summed E-state index contributed by atoms with van der Waals surface area (Å²) in [5.74, 6) is 0. The molecule has 1 nitrogen and oxygen atoms in total. The SMILES string of the molecule is CCCCC=COC=CCCCC.F. The van der Waals surface area contributed by atoms with Crippen LogP contribution in [-0.4, -0.2) is 0 Å². The van der Waals surface area contributed by atoms with Crippen LogP contribution in [0.25, 0.3) is 0 Å². The van der Waals surface area contributed by atoms with E-state index in [9.17, 15) is 0 Å². The summed E-state index contributed by atoms with van der Waals surface area (Å²) in [5.41, 5.74) is 0. The van der Waals surface area contributed by atoms with Crippen molar-refractivity contribution in [2.45, 2.75) is 52.4 Å². The minimum Gasteiger partial charge on any atom is -0.473 e. The van der Waals surface area contributed by atoms with Crippen LogP contribution in [0, 0.1) is 0 Å². The molecule has 14 heavy (non-hydrogen) atoms. The molecule has 0 heterocycles. The van der Waals surface area contributed by atoms with Crippen LogP contribution >= 0.6 is 0 Å². The molecular weight excluding hydrogens is 179 g/mol. The van der Waals surface area contributed by atoms with Gasteiger partial charge in [0.2, 0.25) is 0 Å². The molecule has 0 unspecified atom stereocenters. The smallest absolute Gasteiger partial charge is 0.0861 e. The molecule has 0 radical (unpaired) electrons. The summed E-state index contributed by atoms with van der Waals surface area (Å²) < 4.78 is 5.17. The van der Waals surface area contributed by atoms with Crippen LogP contribution in [0.1, 0.15) is 52.4 Å². The molecule has 0 aliphatic heterocycles. The van der Waals surface area contributed by atoms with Gasteiger partial charge >= 0.3 is 0 Å². The van der Waals surface area contributed by atoms with Gasteiger partial charge in [-0.25, -0.2) is 0 Å². The van der Waals surface area contributed by atoms with Gasteiger partial charge in [0.15, 0.2) is 0 Å². The average Bonchev–Trinajstić information content (AvgIpc) is 2.16. The maximum absolute atomic E-state index is 5.17. The van der Waals surface area contributed by atoms with Crippen molar-refractivity contribution in [2.24, 2.45) is 0 Å². The van der Waals surface area contributed by atoms with Crippen molar-refractivity contribution in [1.82, 2.24) is 0 Å². The lowest BCUT2D eigenvalue weighted by atomic mass is 10.2. The molecule has 0 saturated heterocycles. The lowest BCUT2D eigenvalue weighted by Crippen LogP contribution is -1.70. The summed E-state index contributed by atoms with van der Waals surface area (Å²) in [5, 5.41) is 0. The van der Waals surface area contributed by atoms with Crippen LogP contribution in [0.2, 0.25) is 0 Å². The van der Waals surface area contributed by atoms with Crippen LogP contribution < -0.4 is 0 Å². The summed E-state index contributed by atoms with van der Waals surface area (Å²) in [6.45, 7) is 4.39. The van der Waals surface area contributed by atoms with Gasteiger partial charge in [0, 0.05) is 0 Å².